The minimum Gasteiger partial charge on any atom is -0.374 e. The molecular formula is C17H28N2O3. The van der Waals surface area contributed by atoms with Crippen molar-refractivity contribution in [2.75, 3.05) is 40.4 Å². The highest BCUT2D eigenvalue weighted by Crippen LogP contribution is 2.34. The van der Waals surface area contributed by atoms with Crippen LogP contribution in [-0.4, -0.2) is 74.4 Å². The summed E-state index contributed by atoms with van der Waals surface area (Å²) in [5, 5.41) is 0. The van der Waals surface area contributed by atoms with Gasteiger partial charge in [-0.25, -0.2) is 0 Å². The van der Waals surface area contributed by atoms with Gasteiger partial charge in [0.2, 0.25) is 5.91 Å². The average Bonchev–Trinajstić information content (AvgIpc) is 3.15. The third-order valence-electron chi connectivity index (χ3n) is 5.05. The monoisotopic (exact) mass is 308 g/mol. The highest BCUT2D eigenvalue weighted by molar-refractivity contribution is 5.80. The predicted molar refractivity (Wildman–Crippen MR) is 84.6 cm³/mol. The molecule has 0 aromatic carbocycles. The summed E-state index contributed by atoms with van der Waals surface area (Å²) in [7, 11) is 4.10. The van der Waals surface area contributed by atoms with Crippen molar-refractivity contribution in [3.8, 4) is 0 Å². The summed E-state index contributed by atoms with van der Waals surface area (Å²) >= 11 is 0. The van der Waals surface area contributed by atoms with Crippen molar-refractivity contribution in [3.63, 3.8) is 0 Å². The number of amides is 1. The van der Waals surface area contributed by atoms with Gasteiger partial charge >= 0.3 is 0 Å². The third-order valence-corrected chi connectivity index (χ3v) is 5.05. The van der Waals surface area contributed by atoms with Crippen molar-refractivity contribution >= 4 is 5.91 Å². The molecule has 0 unspecified atom stereocenters. The topological polar surface area (TPSA) is 42.0 Å². The molecule has 0 bridgehead atoms. The number of morpholine rings is 1. The van der Waals surface area contributed by atoms with Crippen LogP contribution in [0.2, 0.25) is 0 Å². The number of likely N-dealkylation sites (N-methyl/N-ethyl adjacent to an activating group) is 1. The molecule has 0 spiro atoms. The zero-order valence-electron chi connectivity index (χ0n) is 13.7. The molecule has 22 heavy (non-hydrogen) atoms. The van der Waals surface area contributed by atoms with E-state index in [9.17, 15) is 4.79 Å². The van der Waals surface area contributed by atoms with E-state index in [1.807, 2.05) is 14.1 Å². The summed E-state index contributed by atoms with van der Waals surface area (Å²) in [4.78, 5) is 16.9. The van der Waals surface area contributed by atoms with Crippen molar-refractivity contribution in [3.05, 3.63) is 12.2 Å². The highest BCUT2D eigenvalue weighted by Gasteiger charge is 2.45. The van der Waals surface area contributed by atoms with E-state index in [2.05, 4.69) is 22.0 Å². The summed E-state index contributed by atoms with van der Waals surface area (Å²) in [5.74, 6) is 0.477. The lowest BCUT2D eigenvalue weighted by Gasteiger charge is -2.40. The van der Waals surface area contributed by atoms with Crippen molar-refractivity contribution in [1.82, 2.24) is 9.80 Å². The number of rotatable bonds is 5. The van der Waals surface area contributed by atoms with Gasteiger partial charge in [-0.3, -0.25) is 4.79 Å². The molecule has 0 N–H and O–H groups in total. The van der Waals surface area contributed by atoms with Gasteiger partial charge in [-0.1, -0.05) is 12.2 Å². The van der Waals surface area contributed by atoms with Crippen molar-refractivity contribution in [1.29, 1.82) is 0 Å². The normalized spacial score (nSPS) is 32.0. The number of hydrogen-bond donors (Lipinski definition) is 0. The molecule has 5 nitrogen and oxygen atoms in total. The van der Waals surface area contributed by atoms with Crippen LogP contribution in [0.4, 0.5) is 0 Å². The van der Waals surface area contributed by atoms with E-state index >= 15 is 0 Å². The van der Waals surface area contributed by atoms with E-state index in [1.165, 1.54) is 0 Å². The zero-order chi connectivity index (χ0) is 15.5. The molecule has 0 aromatic heterocycles. The summed E-state index contributed by atoms with van der Waals surface area (Å²) in [6.07, 6.45) is 8.26. The van der Waals surface area contributed by atoms with Crippen LogP contribution in [0.5, 0.6) is 0 Å². The van der Waals surface area contributed by atoms with Crippen molar-refractivity contribution in [2.45, 2.75) is 43.9 Å². The minimum absolute atomic E-state index is 0.0641. The first kappa shape index (κ1) is 16.0. The maximum absolute atomic E-state index is 12.7. The van der Waals surface area contributed by atoms with Gasteiger partial charge in [0.15, 0.2) is 0 Å². The van der Waals surface area contributed by atoms with Gasteiger partial charge in [-0.05, 0) is 39.8 Å². The van der Waals surface area contributed by atoms with E-state index in [1.54, 1.807) is 0 Å². The molecule has 0 radical (unpaired) electrons. The Bertz CT molecular complexity index is 416. The van der Waals surface area contributed by atoms with Gasteiger partial charge in [0, 0.05) is 19.0 Å². The van der Waals surface area contributed by atoms with Gasteiger partial charge < -0.3 is 19.3 Å². The Hall–Kier alpha value is -0.910. The fourth-order valence-corrected chi connectivity index (χ4v) is 3.81. The number of ether oxygens (including phenoxy) is 2. The van der Waals surface area contributed by atoms with Gasteiger partial charge in [0.1, 0.15) is 6.10 Å². The number of allylic oxidation sites excluding steroid dienone is 2. The Morgan fingerprint density at radius 3 is 2.82 bits per heavy atom. The lowest BCUT2D eigenvalue weighted by molar-refractivity contribution is -0.155. The first-order chi connectivity index (χ1) is 10.7. The lowest BCUT2D eigenvalue weighted by Crippen LogP contribution is -2.55. The number of carbonyl (C=O) groups is 1. The van der Waals surface area contributed by atoms with Crippen molar-refractivity contribution < 1.29 is 14.3 Å². The first-order valence-electron chi connectivity index (χ1n) is 8.50. The molecule has 1 saturated heterocycles. The number of fused-ring (bicyclic) bond motifs is 1. The predicted octanol–water partition coefficient (Wildman–Crippen LogP) is 1.29. The molecule has 2 aliphatic carbocycles. The second-order valence-corrected chi connectivity index (χ2v) is 6.86. The quantitative estimate of drug-likeness (QED) is 0.718. The smallest absolute Gasteiger partial charge is 0.226 e. The fraction of sp³-hybridized carbons (Fsp3) is 0.824. The number of carbonyl (C=O) groups excluding carboxylic acids is 1. The van der Waals surface area contributed by atoms with Crippen LogP contribution in [0.15, 0.2) is 12.2 Å². The molecular weight excluding hydrogens is 280 g/mol. The van der Waals surface area contributed by atoms with Gasteiger partial charge in [0.05, 0.1) is 25.4 Å². The fourth-order valence-electron chi connectivity index (χ4n) is 3.81. The van der Waals surface area contributed by atoms with Crippen LogP contribution >= 0.6 is 0 Å². The van der Waals surface area contributed by atoms with Crippen LogP contribution < -0.4 is 0 Å². The van der Waals surface area contributed by atoms with E-state index < -0.39 is 0 Å². The number of hydrogen-bond acceptors (Lipinski definition) is 4. The van der Waals surface area contributed by atoms with Crippen LogP contribution in [-0.2, 0) is 14.3 Å². The van der Waals surface area contributed by atoms with E-state index in [-0.39, 0.29) is 24.2 Å². The Kier molecular flexibility index (Phi) is 5.16. The molecule has 3 rings (SSSR count). The SMILES string of the molecule is CN(C)CCO[C@@H]1CC[C@H]2[C@H]1OCCN2C(=O)C1CC=CC1. The van der Waals surface area contributed by atoms with Gasteiger partial charge in [0.25, 0.3) is 0 Å². The zero-order valence-corrected chi connectivity index (χ0v) is 13.7. The second-order valence-electron chi connectivity index (χ2n) is 6.86. The van der Waals surface area contributed by atoms with Crippen LogP contribution in [0.25, 0.3) is 0 Å². The molecule has 3 atom stereocenters. The molecule has 0 aromatic rings. The Balaban J connectivity index is 1.56. The largest absolute Gasteiger partial charge is 0.374 e. The molecule has 2 fully saturated rings. The van der Waals surface area contributed by atoms with Crippen LogP contribution in [0, 0.1) is 5.92 Å². The molecule has 1 heterocycles. The molecule has 3 aliphatic rings. The Morgan fingerprint density at radius 2 is 2.09 bits per heavy atom. The maximum Gasteiger partial charge on any atom is 0.226 e. The van der Waals surface area contributed by atoms with Gasteiger partial charge in [-0.2, -0.15) is 0 Å². The second kappa shape index (κ2) is 7.11. The minimum atomic E-state index is 0.0641. The van der Waals surface area contributed by atoms with Crippen LogP contribution in [0.1, 0.15) is 25.7 Å². The summed E-state index contributed by atoms with van der Waals surface area (Å²) in [5.41, 5.74) is 0. The molecule has 1 saturated carbocycles. The summed E-state index contributed by atoms with van der Waals surface area (Å²) in [6, 6.07) is 0.214. The summed E-state index contributed by atoms with van der Waals surface area (Å²) < 4.78 is 12.0. The highest BCUT2D eigenvalue weighted by atomic mass is 16.5. The van der Waals surface area contributed by atoms with Crippen molar-refractivity contribution in [2.24, 2.45) is 5.92 Å². The molecule has 5 heteroatoms. The number of nitrogens with zero attached hydrogens (tertiary/aromatic N) is 2. The van der Waals surface area contributed by atoms with Gasteiger partial charge in [-0.15, -0.1) is 0 Å². The van der Waals surface area contributed by atoms with E-state index in [0.29, 0.717) is 12.5 Å². The molecule has 124 valence electrons. The average molecular weight is 308 g/mol. The van der Waals surface area contributed by atoms with Crippen LogP contribution in [0.3, 0.4) is 0 Å². The standard InChI is InChI=1S/C17H28N2O3/c1-18(2)9-11-21-15-8-7-14-16(15)22-12-10-19(14)17(20)13-5-3-4-6-13/h3-4,13-16H,5-12H2,1-2H3/t14-,15+,16+/m0/s1. The molecule has 1 amide bonds. The Morgan fingerprint density at radius 1 is 1.32 bits per heavy atom. The van der Waals surface area contributed by atoms with E-state index in [0.717, 1.165) is 45.4 Å². The van der Waals surface area contributed by atoms with E-state index in [4.69, 9.17) is 9.47 Å². The molecule has 1 aliphatic heterocycles. The maximum atomic E-state index is 12.7. The first-order valence-corrected chi connectivity index (χ1v) is 8.50. The summed E-state index contributed by atoms with van der Waals surface area (Å²) in [6.45, 7) is 3.02. The third kappa shape index (κ3) is 3.36. The Labute approximate surface area is 133 Å². The lowest BCUT2D eigenvalue weighted by atomic mass is 10.0.